The number of fused-ring (bicyclic) bond motifs is 1. The predicted octanol–water partition coefficient (Wildman–Crippen LogP) is 3.86. The van der Waals surface area contributed by atoms with E-state index in [0.29, 0.717) is 17.6 Å². The van der Waals surface area contributed by atoms with Crippen molar-refractivity contribution >= 4 is 11.0 Å². The molecule has 0 spiro atoms. The van der Waals surface area contributed by atoms with E-state index in [9.17, 15) is 13.2 Å². The van der Waals surface area contributed by atoms with Crippen molar-refractivity contribution in [3.8, 4) is 0 Å². The molecular weight excluding hydrogens is 229 g/mol. The molecular formula is C12H13F3N2. The smallest absolute Gasteiger partial charge is 0.331 e. The standard InChI is InChI=1S/C12H13F3N2/c1-2-3-6-17-8-16-10-5-4-9(7-11(10)17)12(13,14)15/h4-5,7-8H,2-3,6H2,1H3. The Morgan fingerprint density at radius 2 is 2.06 bits per heavy atom. The molecule has 5 heteroatoms. The minimum Gasteiger partial charge on any atom is -0.331 e. The lowest BCUT2D eigenvalue weighted by Crippen LogP contribution is -2.05. The highest BCUT2D eigenvalue weighted by Gasteiger charge is 2.30. The summed E-state index contributed by atoms with van der Waals surface area (Å²) in [6.45, 7) is 2.74. The lowest BCUT2D eigenvalue weighted by molar-refractivity contribution is -0.137. The molecule has 0 N–H and O–H groups in total. The lowest BCUT2D eigenvalue weighted by atomic mass is 10.2. The number of hydrogen-bond donors (Lipinski definition) is 0. The molecule has 1 aromatic carbocycles. The zero-order valence-corrected chi connectivity index (χ0v) is 9.46. The van der Waals surface area contributed by atoms with Gasteiger partial charge in [-0.15, -0.1) is 0 Å². The van der Waals surface area contributed by atoms with Gasteiger partial charge in [0.05, 0.1) is 22.9 Å². The first-order valence-electron chi connectivity index (χ1n) is 5.54. The molecule has 0 aliphatic carbocycles. The Morgan fingerprint density at radius 3 is 2.71 bits per heavy atom. The third-order valence-corrected chi connectivity index (χ3v) is 2.70. The van der Waals surface area contributed by atoms with E-state index < -0.39 is 11.7 Å². The zero-order chi connectivity index (χ0) is 12.5. The van der Waals surface area contributed by atoms with Crippen molar-refractivity contribution in [3.63, 3.8) is 0 Å². The molecule has 2 aromatic rings. The highest BCUT2D eigenvalue weighted by molar-refractivity contribution is 5.76. The molecule has 0 saturated carbocycles. The van der Waals surface area contributed by atoms with Gasteiger partial charge >= 0.3 is 6.18 Å². The number of benzene rings is 1. The number of imidazole rings is 1. The molecule has 1 aromatic heterocycles. The van der Waals surface area contributed by atoms with Crippen LogP contribution < -0.4 is 0 Å². The Labute approximate surface area is 97.1 Å². The fourth-order valence-corrected chi connectivity index (χ4v) is 1.74. The molecule has 0 bridgehead atoms. The Balaban J connectivity index is 2.43. The van der Waals surface area contributed by atoms with Gasteiger partial charge < -0.3 is 4.57 Å². The number of aryl methyl sites for hydroxylation is 1. The molecule has 0 saturated heterocycles. The summed E-state index contributed by atoms with van der Waals surface area (Å²) in [5, 5.41) is 0. The van der Waals surface area contributed by atoms with Crippen LogP contribution in [0.3, 0.4) is 0 Å². The Hall–Kier alpha value is -1.52. The van der Waals surface area contributed by atoms with E-state index in [1.54, 1.807) is 10.9 Å². The molecule has 0 amide bonds. The van der Waals surface area contributed by atoms with Crippen LogP contribution in [0.4, 0.5) is 13.2 Å². The van der Waals surface area contributed by atoms with E-state index in [0.717, 1.165) is 25.0 Å². The van der Waals surface area contributed by atoms with Gasteiger partial charge in [-0.3, -0.25) is 0 Å². The third kappa shape index (κ3) is 2.43. The number of hydrogen-bond acceptors (Lipinski definition) is 1. The normalized spacial score (nSPS) is 12.2. The summed E-state index contributed by atoms with van der Waals surface area (Å²) in [7, 11) is 0. The molecule has 1 heterocycles. The number of alkyl halides is 3. The van der Waals surface area contributed by atoms with Crippen LogP contribution in [-0.4, -0.2) is 9.55 Å². The summed E-state index contributed by atoms with van der Waals surface area (Å²) in [4.78, 5) is 4.09. The van der Waals surface area contributed by atoms with E-state index in [2.05, 4.69) is 4.98 Å². The predicted molar refractivity (Wildman–Crippen MR) is 59.6 cm³/mol. The average Bonchev–Trinajstić information content (AvgIpc) is 2.67. The SMILES string of the molecule is CCCCn1cnc2ccc(C(F)(F)F)cc21. The van der Waals surface area contributed by atoms with E-state index in [1.807, 2.05) is 6.92 Å². The maximum Gasteiger partial charge on any atom is 0.416 e. The molecule has 2 rings (SSSR count). The van der Waals surface area contributed by atoms with Crippen molar-refractivity contribution in [1.82, 2.24) is 9.55 Å². The Morgan fingerprint density at radius 1 is 1.29 bits per heavy atom. The minimum atomic E-state index is -4.30. The first-order valence-corrected chi connectivity index (χ1v) is 5.54. The van der Waals surface area contributed by atoms with Crippen LogP contribution in [0.1, 0.15) is 25.3 Å². The molecule has 0 aliphatic rings. The molecule has 2 nitrogen and oxygen atoms in total. The van der Waals surface area contributed by atoms with Crippen molar-refractivity contribution in [2.24, 2.45) is 0 Å². The first-order chi connectivity index (χ1) is 8.02. The molecule has 0 aliphatic heterocycles. The molecule has 17 heavy (non-hydrogen) atoms. The molecule has 0 radical (unpaired) electrons. The number of aromatic nitrogens is 2. The molecule has 0 atom stereocenters. The van der Waals surface area contributed by atoms with E-state index >= 15 is 0 Å². The van der Waals surface area contributed by atoms with Crippen LogP contribution in [0.25, 0.3) is 11.0 Å². The second-order valence-corrected chi connectivity index (χ2v) is 3.99. The monoisotopic (exact) mass is 242 g/mol. The van der Waals surface area contributed by atoms with E-state index in [-0.39, 0.29) is 0 Å². The average molecular weight is 242 g/mol. The van der Waals surface area contributed by atoms with Crippen LogP contribution in [0.15, 0.2) is 24.5 Å². The van der Waals surface area contributed by atoms with Crippen molar-refractivity contribution in [1.29, 1.82) is 0 Å². The third-order valence-electron chi connectivity index (χ3n) is 2.70. The largest absolute Gasteiger partial charge is 0.416 e. The number of halogens is 3. The summed E-state index contributed by atoms with van der Waals surface area (Å²) >= 11 is 0. The van der Waals surface area contributed by atoms with Crippen molar-refractivity contribution in [3.05, 3.63) is 30.1 Å². The maximum absolute atomic E-state index is 12.6. The van der Waals surface area contributed by atoms with Gasteiger partial charge in [-0.05, 0) is 24.6 Å². The van der Waals surface area contributed by atoms with Gasteiger partial charge in [0.2, 0.25) is 0 Å². The highest BCUT2D eigenvalue weighted by atomic mass is 19.4. The molecule has 92 valence electrons. The maximum atomic E-state index is 12.6. The van der Waals surface area contributed by atoms with Gasteiger partial charge in [-0.1, -0.05) is 13.3 Å². The van der Waals surface area contributed by atoms with Gasteiger partial charge in [-0.2, -0.15) is 13.2 Å². The van der Waals surface area contributed by atoms with Gasteiger partial charge in [0.1, 0.15) is 0 Å². The summed E-state index contributed by atoms with van der Waals surface area (Å²) in [5.41, 5.74) is 0.533. The second-order valence-electron chi connectivity index (χ2n) is 3.99. The van der Waals surface area contributed by atoms with Crippen LogP contribution in [0.2, 0.25) is 0 Å². The van der Waals surface area contributed by atoms with Crippen LogP contribution in [0.5, 0.6) is 0 Å². The van der Waals surface area contributed by atoms with Gasteiger partial charge in [0.25, 0.3) is 0 Å². The minimum absolute atomic E-state index is 0.549. The van der Waals surface area contributed by atoms with Gasteiger partial charge in [0, 0.05) is 6.54 Å². The number of nitrogens with zero attached hydrogens (tertiary/aromatic N) is 2. The fourth-order valence-electron chi connectivity index (χ4n) is 1.74. The van der Waals surface area contributed by atoms with Crippen molar-refractivity contribution in [2.75, 3.05) is 0 Å². The summed E-state index contributed by atoms with van der Waals surface area (Å²) in [6, 6.07) is 3.65. The number of rotatable bonds is 3. The summed E-state index contributed by atoms with van der Waals surface area (Å²) < 4.78 is 39.5. The van der Waals surface area contributed by atoms with E-state index in [4.69, 9.17) is 0 Å². The second kappa shape index (κ2) is 4.39. The Bertz CT molecular complexity index is 514. The zero-order valence-electron chi connectivity index (χ0n) is 9.46. The lowest BCUT2D eigenvalue weighted by Gasteiger charge is -2.07. The summed E-state index contributed by atoms with van der Waals surface area (Å²) in [5.74, 6) is 0. The molecule has 0 unspecified atom stereocenters. The highest BCUT2D eigenvalue weighted by Crippen LogP contribution is 2.31. The quantitative estimate of drug-likeness (QED) is 0.799. The Kier molecular flexibility index (Phi) is 3.09. The molecule has 0 fully saturated rings. The van der Waals surface area contributed by atoms with Gasteiger partial charge in [-0.25, -0.2) is 4.98 Å². The van der Waals surface area contributed by atoms with Crippen LogP contribution >= 0.6 is 0 Å². The van der Waals surface area contributed by atoms with Crippen molar-refractivity contribution < 1.29 is 13.2 Å². The van der Waals surface area contributed by atoms with Crippen LogP contribution in [-0.2, 0) is 12.7 Å². The summed E-state index contributed by atoms with van der Waals surface area (Å²) in [6.07, 6.45) is -0.769. The van der Waals surface area contributed by atoms with Gasteiger partial charge in [0.15, 0.2) is 0 Å². The fraction of sp³-hybridized carbons (Fsp3) is 0.417. The van der Waals surface area contributed by atoms with Crippen LogP contribution in [0, 0.1) is 0 Å². The van der Waals surface area contributed by atoms with E-state index in [1.165, 1.54) is 6.07 Å². The number of unbranched alkanes of at least 4 members (excludes halogenated alkanes) is 1. The first kappa shape index (κ1) is 12.0. The van der Waals surface area contributed by atoms with Crippen molar-refractivity contribution in [2.45, 2.75) is 32.5 Å². The topological polar surface area (TPSA) is 17.8 Å².